The van der Waals surface area contributed by atoms with Gasteiger partial charge in [-0.2, -0.15) is 0 Å². The summed E-state index contributed by atoms with van der Waals surface area (Å²) in [6.07, 6.45) is 3.04. The molecule has 2 rings (SSSR count). The predicted octanol–water partition coefficient (Wildman–Crippen LogP) is 2.27. The number of hydrogen-bond donors (Lipinski definition) is 1. The fourth-order valence-electron chi connectivity index (χ4n) is 2.11. The highest BCUT2D eigenvalue weighted by atomic mass is 16.5. The Kier molecular flexibility index (Phi) is 4.48. The molecule has 0 radical (unpaired) electrons. The molecule has 2 aromatic rings. The summed E-state index contributed by atoms with van der Waals surface area (Å²) < 4.78 is 4.96. The summed E-state index contributed by atoms with van der Waals surface area (Å²) in [6.45, 7) is 2.03. The molecule has 1 aromatic heterocycles. The number of carbonyl (C=O) groups is 1. The van der Waals surface area contributed by atoms with Gasteiger partial charge in [0.05, 0.1) is 13.0 Å². The van der Waals surface area contributed by atoms with E-state index in [1.54, 1.807) is 43.6 Å². The fourth-order valence-corrected chi connectivity index (χ4v) is 2.11. The van der Waals surface area contributed by atoms with Crippen LogP contribution in [0.15, 0.2) is 54.9 Å². The van der Waals surface area contributed by atoms with Gasteiger partial charge in [0, 0.05) is 18.0 Å². The number of hydrogen-bond acceptors (Lipinski definition) is 4. The highest BCUT2D eigenvalue weighted by Crippen LogP contribution is 2.32. The first-order valence-corrected chi connectivity index (χ1v) is 6.51. The average molecular weight is 271 g/mol. The summed E-state index contributed by atoms with van der Waals surface area (Å²) in [5, 5.41) is 11.0. The van der Waals surface area contributed by atoms with Crippen LogP contribution in [-0.4, -0.2) is 22.7 Å². The summed E-state index contributed by atoms with van der Waals surface area (Å²) in [5.74, 6) is -0.442. The molecule has 0 spiro atoms. The van der Waals surface area contributed by atoms with E-state index in [-0.39, 0.29) is 13.0 Å². The predicted molar refractivity (Wildman–Crippen MR) is 74.9 cm³/mol. The first kappa shape index (κ1) is 14.2. The quantitative estimate of drug-likeness (QED) is 0.847. The lowest BCUT2D eigenvalue weighted by Gasteiger charge is -2.28. The van der Waals surface area contributed by atoms with E-state index in [1.807, 2.05) is 18.2 Å². The van der Waals surface area contributed by atoms with Crippen molar-refractivity contribution in [1.82, 2.24) is 4.98 Å². The summed E-state index contributed by atoms with van der Waals surface area (Å²) in [4.78, 5) is 15.8. The van der Waals surface area contributed by atoms with E-state index < -0.39 is 11.6 Å². The molecule has 0 aliphatic heterocycles. The standard InChI is InChI=1S/C16H17NO3/c1-2-20-15(18)11-16(19,13-7-4-3-5-8-13)14-9-6-10-17-12-14/h3-10,12,19H,2,11H2,1H3/t16-/m1/s1. The van der Waals surface area contributed by atoms with Crippen LogP contribution < -0.4 is 0 Å². The second-order valence-corrected chi connectivity index (χ2v) is 4.45. The minimum atomic E-state index is -1.43. The smallest absolute Gasteiger partial charge is 0.309 e. The van der Waals surface area contributed by atoms with Crippen molar-refractivity contribution in [2.24, 2.45) is 0 Å². The molecule has 0 saturated heterocycles. The molecule has 0 bridgehead atoms. The van der Waals surface area contributed by atoms with Gasteiger partial charge in [-0.05, 0) is 18.6 Å². The monoisotopic (exact) mass is 271 g/mol. The Hall–Kier alpha value is -2.20. The number of esters is 1. The largest absolute Gasteiger partial charge is 0.466 e. The van der Waals surface area contributed by atoms with E-state index in [0.717, 1.165) is 0 Å². The number of aliphatic hydroxyl groups is 1. The van der Waals surface area contributed by atoms with Crippen LogP contribution in [0.4, 0.5) is 0 Å². The topological polar surface area (TPSA) is 59.4 Å². The highest BCUT2D eigenvalue weighted by molar-refractivity contribution is 5.72. The molecule has 0 aliphatic carbocycles. The second kappa shape index (κ2) is 6.30. The van der Waals surface area contributed by atoms with Crippen LogP contribution in [0.2, 0.25) is 0 Å². The molecular formula is C16H17NO3. The molecule has 4 heteroatoms. The van der Waals surface area contributed by atoms with E-state index in [0.29, 0.717) is 11.1 Å². The zero-order valence-electron chi connectivity index (χ0n) is 11.3. The van der Waals surface area contributed by atoms with Gasteiger partial charge < -0.3 is 9.84 Å². The van der Waals surface area contributed by atoms with Gasteiger partial charge in [0.1, 0.15) is 5.60 Å². The van der Waals surface area contributed by atoms with E-state index in [9.17, 15) is 9.90 Å². The summed E-state index contributed by atoms with van der Waals surface area (Å²) >= 11 is 0. The fraction of sp³-hybridized carbons (Fsp3) is 0.250. The van der Waals surface area contributed by atoms with Crippen molar-refractivity contribution in [3.63, 3.8) is 0 Å². The van der Waals surface area contributed by atoms with Gasteiger partial charge in [-0.25, -0.2) is 0 Å². The lowest BCUT2D eigenvalue weighted by atomic mass is 9.84. The Balaban J connectivity index is 2.41. The van der Waals surface area contributed by atoms with Gasteiger partial charge in [0.25, 0.3) is 0 Å². The molecule has 1 N–H and O–H groups in total. The van der Waals surface area contributed by atoms with E-state index >= 15 is 0 Å². The minimum absolute atomic E-state index is 0.142. The van der Waals surface area contributed by atoms with Crippen LogP contribution in [0, 0.1) is 0 Å². The van der Waals surface area contributed by atoms with Crippen LogP contribution >= 0.6 is 0 Å². The van der Waals surface area contributed by atoms with E-state index in [1.165, 1.54) is 0 Å². The van der Waals surface area contributed by atoms with Gasteiger partial charge in [-0.3, -0.25) is 9.78 Å². The summed E-state index contributed by atoms with van der Waals surface area (Å²) in [7, 11) is 0. The molecule has 1 heterocycles. The Labute approximate surface area is 118 Å². The molecule has 1 aromatic carbocycles. The molecule has 0 aliphatic rings. The number of carbonyl (C=O) groups excluding carboxylic acids is 1. The number of benzene rings is 1. The Morgan fingerprint density at radius 1 is 1.20 bits per heavy atom. The van der Waals surface area contributed by atoms with Gasteiger partial charge in [0.2, 0.25) is 0 Å². The normalized spacial score (nSPS) is 13.5. The van der Waals surface area contributed by atoms with Gasteiger partial charge in [-0.15, -0.1) is 0 Å². The molecule has 0 fully saturated rings. The minimum Gasteiger partial charge on any atom is -0.466 e. The maximum Gasteiger partial charge on any atom is 0.309 e. The lowest BCUT2D eigenvalue weighted by Crippen LogP contribution is -2.31. The Bertz CT molecular complexity index is 515. The maximum absolute atomic E-state index is 11.8. The summed E-state index contributed by atoms with van der Waals surface area (Å²) in [6, 6.07) is 12.5. The lowest BCUT2D eigenvalue weighted by molar-refractivity contribution is -0.147. The molecule has 1 atom stereocenters. The SMILES string of the molecule is CCOC(=O)C[C@@](O)(c1ccccc1)c1cccnc1. The maximum atomic E-state index is 11.8. The van der Waals surface area contributed by atoms with Crippen LogP contribution in [-0.2, 0) is 15.1 Å². The van der Waals surface area contributed by atoms with Crippen molar-refractivity contribution in [1.29, 1.82) is 0 Å². The molecule has 104 valence electrons. The van der Waals surface area contributed by atoms with Crippen LogP contribution in [0.3, 0.4) is 0 Å². The number of nitrogens with zero attached hydrogens (tertiary/aromatic N) is 1. The van der Waals surface area contributed by atoms with Crippen molar-refractivity contribution in [3.8, 4) is 0 Å². The van der Waals surface area contributed by atoms with Gasteiger partial charge >= 0.3 is 5.97 Å². The van der Waals surface area contributed by atoms with Gasteiger partial charge in [-0.1, -0.05) is 36.4 Å². The Morgan fingerprint density at radius 2 is 1.90 bits per heavy atom. The third-order valence-electron chi connectivity index (χ3n) is 3.10. The van der Waals surface area contributed by atoms with Crippen molar-refractivity contribution < 1.29 is 14.6 Å². The zero-order chi connectivity index (χ0) is 14.4. The highest BCUT2D eigenvalue weighted by Gasteiger charge is 2.35. The Morgan fingerprint density at radius 3 is 2.50 bits per heavy atom. The van der Waals surface area contributed by atoms with Crippen molar-refractivity contribution in [2.75, 3.05) is 6.61 Å². The average Bonchev–Trinajstić information content (AvgIpc) is 2.49. The number of ether oxygens (including phenoxy) is 1. The van der Waals surface area contributed by atoms with E-state index in [4.69, 9.17) is 4.74 Å². The zero-order valence-corrected chi connectivity index (χ0v) is 11.3. The van der Waals surface area contributed by atoms with E-state index in [2.05, 4.69) is 4.98 Å². The molecule has 20 heavy (non-hydrogen) atoms. The van der Waals surface area contributed by atoms with Crippen molar-refractivity contribution in [2.45, 2.75) is 18.9 Å². The van der Waals surface area contributed by atoms with Crippen molar-refractivity contribution >= 4 is 5.97 Å². The van der Waals surface area contributed by atoms with Gasteiger partial charge in [0.15, 0.2) is 0 Å². The number of rotatable bonds is 5. The molecule has 0 amide bonds. The molecule has 4 nitrogen and oxygen atoms in total. The van der Waals surface area contributed by atoms with Crippen LogP contribution in [0.25, 0.3) is 0 Å². The third kappa shape index (κ3) is 3.03. The molecular weight excluding hydrogens is 254 g/mol. The van der Waals surface area contributed by atoms with Crippen LogP contribution in [0.5, 0.6) is 0 Å². The molecule has 0 unspecified atom stereocenters. The van der Waals surface area contributed by atoms with Crippen molar-refractivity contribution in [3.05, 3.63) is 66.0 Å². The number of aromatic nitrogens is 1. The third-order valence-corrected chi connectivity index (χ3v) is 3.10. The second-order valence-electron chi connectivity index (χ2n) is 4.45. The van der Waals surface area contributed by atoms with Crippen LogP contribution in [0.1, 0.15) is 24.5 Å². The summed E-state index contributed by atoms with van der Waals surface area (Å²) in [5.41, 5.74) is -0.220. The number of pyridine rings is 1. The first-order chi connectivity index (χ1) is 9.66. The first-order valence-electron chi connectivity index (χ1n) is 6.51. The molecule has 0 saturated carbocycles.